The maximum Gasteiger partial charge on any atom is 0.434 e. The summed E-state index contributed by atoms with van der Waals surface area (Å²) in [6.45, 7) is 2.56. The minimum Gasteiger partial charge on any atom is -0.480 e. The summed E-state index contributed by atoms with van der Waals surface area (Å²) in [6.07, 6.45) is -3.70. The number of rotatable bonds is 8. The van der Waals surface area contributed by atoms with Gasteiger partial charge in [-0.2, -0.15) is 13.2 Å². The highest BCUT2D eigenvalue weighted by atomic mass is 79.9. The fourth-order valence-electron chi connectivity index (χ4n) is 4.12. The molecule has 1 aliphatic heterocycles. The first-order valence-electron chi connectivity index (χ1n) is 12.2. The fourth-order valence-corrected chi connectivity index (χ4v) is 6.18. The molecule has 42 heavy (non-hydrogen) atoms. The molecule has 3 aromatic rings. The van der Waals surface area contributed by atoms with E-state index in [2.05, 4.69) is 20.9 Å². The molecule has 2 aromatic carbocycles. The molecule has 0 bridgehead atoms. The highest BCUT2D eigenvalue weighted by Crippen LogP contribution is 2.39. The molecule has 1 aromatic heterocycles. The van der Waals surface area contributed by atoms with Gasteiger partial charge in [-0.15, -0.1) is 0 Å². The number of carbonyl (C=O) groups is 2. The lowest BCUT2D eigenvalue weighted by atomic mass is 9.95. The summed E-state index contributed by atoms with van der Waals surface area (Å²) in [4.78, 5) is 42.1. The molecule has 1 aliphatic rings. The molecule has 222 valence electrons. The normalized spacial score (nSPS) is 15.2. The zero-order chi connectivity index (χ0) is 30.8. The molecule has 4 rings (SSSR count). The summed E-state index contributed by atoms with van der Waals surface area (Å²) in [6, 6.07) is 7.12. The molecule has 0 spiro atoms. The van der Waals surface area contributed by atoms with Gasteiger partial charge in [0, 0.05) is 15.6 Å². The molecule has 0 fully saturated rings. The molecule has 0 aliphatic carbocycles. The summed E-state index contributed by atoms with van der Waals surface area (Å²) in [5.74, 6) is -1.77. The van der Waals surface area contributed by atoms with Crippen LogP contribution in [0.3, 0.4) is 0 Å². The van der Waals surface area contributed by atoms with Gasteiger partial charge in [-0.25, -0.2) is 14.6 Å². The second kappa shape index (κ2) is 13.0. The first kappa shape index (κ1) is 31.8. The third-order valence-corrected chi connectivity index (χ3v) is 7.79. The lowest BCUT2D eigenvalue weighted by molar-refractivity contribution is -0.145. The zero-order valence-corrected chi connectivity index (χ0v) is 25.7. The van der Waals surface area contributed by atoms with E-state index in [1.54, 1.807) is 6.92 Å². The minimum absolute atomic E-state index is 0.0468. The molecule has 0 saturated heterocycles. The van der Waals surface area contributed by atoms with Crippen molar-refractivity contribution in [2.45, 2.75) is 26.1 Å². The maximum absolute atomic E-state index is 14.3. The molecule has 0 N–H and O–H groups in total. The second-order valence-corrected chi connectivity index (χ2v) is 11.3. The summed E-state index contributed by atoms with van der Waals surface area (Å²) < 4.78 is 59.7. The first-order chi connectivity index (χ1) is 19.8. The van der Waals surface area contributed by atoms with Crippen molar-refractivity contribution in [3.05, 3.63) is 93.0 Å². The Bertz CT molecular complexity index is 1750. The average Bonchev–Trinajstić information content (AvgIpc) is 3.22. The van der Waals surface area contributed by atoms with Crippen molar-refractivity contribution in [2.75, 3.05) is 19.8 Å². The molecular weight excluding hydrogens is 688 g/mol. The number of benzene rings is 2. The van der Waals surface area contributed by atoms with Gasteiger partial charge in [0.05, 0.1) is 33.8 Å². The smallest absolute Gasteiger partial charge is 0.434 e. The molecule has 1 atom stereocenters. The van der Waals surface area contributed by atoms with E-state index in [4.69, 9.17) is 37.4 Å². The highest BCUT2D eigenvalue weighted by Gasteiger charge is 2.45. The van der Waals surface area contributed by atoms with Crippen LogP contribution in [-0.4, -0.2) is 42.5 Å². The second-order valence-electron chi connectivity index (χ2n) is 8.51. The van der Waals surface area contributed by atoms with Crippen LogP contribution < -0.4 is 19.6 Å². The van der Waals surface area contributed by atoms with E-state index in [9.17, 15) is 27.6 Å². The Morgan fingerprint density at radius 3 is 2.38 bits per heavy atom. The number of hydrogen-bond donors (Lipinski definition) is 0. The van der Waals surface area contributed by atoms with Gasteiger partial charge >= 0.3 is 18.1 Å². The van der Waals surface area contributed by atoms with Crippen molar-refractivity contribution in [2.24, 2.45) is 4.99 Å². The molecule has 15 heteroatoms. The molecule has 0 radical (unpaired) electrons. The van der Waals surface area contributed by atoms with E-state index in [0.717, 1.165) is 4.57 Å². The zero-order valence-electron chi connectivity index (χ0n) is 21.8. The number of allylic oxidation sites excluding steroid dienone is 1. The van der Waals surface area contributed by atoms with Crippen LogP contribution in [0.5, 0.6) is 5.75 Å². The third-order valence-electron chi connectivity index (χ3n) is 5.74. The number of nitrogens with zero attached hydrogens (tertiary/aromatic N) is 2. The van der Waals surface area contributed by atoms with Gasteiger partial charge < -0.3 is 14.2 Å². The van der Waals surface area contributed by atoms with E-state index >= 15 is 0 Å². The summed E-state index contributed by atoms with van der Waals surface area (Å²) in [7, 11) is 0. The first-order valence-corrected chi connectivity index (χ1v) is 14.5. The van der Waals surface area contributed by atoms with E-state index in [1.807, 2.05) is 0 Å². The van der Waals surface area contributed by atoms with Crippen molar-refractivity contribution >= 4 is 68.5 Å². The number of halogens is 6. The van der Waals surface area contributed by atoms with Gasteiger partial charge in [0.1, 0.15) is 5.75 Å². The number of alkyl halides is 3. The van der Waals surface area contributed by atoms with Crippen LogP contribution in [0.4, 0.5) is 13.2 Å². The van der Waals surface area contributed by atoms with Gasteiger partial charge in [-0.05, 0) is 65.7 Å². The Balaban J connectivity index is 1.98. The van der Waals surface area contributed by atoms with E-state index in [-0.39, 0.29) is 44.4 Å². The lowest BCUT2D eigenvalue weighted by Gasteiger charge is -2.26. The van der Waals surface area contributed by atoms with E-state index < -0.39 is 47.6 Å². The standard InChI is InChI=1S/C27H20BrCl2F3N2O6S/c1-3-39-19(36)12-41-22-14(9-16(30)11-17(22)28)10-18-24(37)35-21(13-5-7-15(29)8-6-13)20(25(38)40-4-2)23(27(31,32)33)34-26(35)42-18/h5-11,21H,3-4,12H2,1-2H3/b18-10-/t21-/m1/s1. The molecule has 8 nitrogen and oxygen atoms in total. The van der Waals surface area contributed by atoms with Crippen LogP contribution in [0.15, 0.2) is 61.9 Å². The molecular formula is C27H20BrCl2F3N2O6S. The number of fused-ring (bicyclic) bond motifs is 1. The Morgan fingerprint density at radius 1 is 1.10 bits per heavy atom. The number of esters is 2. The van der Waals surface area contributed by atoms with Crippen LogP contribution in [0.1, 0.15) is 31.0 Å². The number of thiazole rings is 1. The maximum atomic E-state index is 14.3. The van der Waals surface area contributed by atoms with Crippen molar-refractivity contribution in [1.82, 2.24) is 4.57 Å². The van der Waals surface area contributed by atoms with Gasteiger partial charge in [0.2, 0.25) is 0 Å². The van der Waals surface area contributed by atoms with E-state index in [0.29, 0.717) is 20.8 Å². The van der Waals surface area contributed by atoms with E-state index in [1.165, 1.54) is 49.4 Å². The lowest BCUT2D eigenvalue weighted by Crippen LogP contribution is -2.41. The topological polar surface area (TPSA) is 96.2 Å². The van der Waals surface area contributed by atoms with Crippen molar-refractivity contribution in [1.29, 1.82) is 0 Å². The summed E-state index contributed by atoms with van der Waals surface area (Å²) in [5.41, 5.74) is -2.63. The van der Waals surface area contributed by atoms with Crippen LogP contribution in [0, 0.1) is 0 Å². The number of carbonyl (C=O) groups excluding carboxylic acids is 2. The minimum atomic E-state index is -5.05. The monoisotopic (exact) mass is 706 g/mol. The van der Waals surface area contributed by atoms with Crippen molar-refractivity contribution < 1.29 is 37.0 Å². The van der Waals surface area contributed by atoms with Gasteiger partial charge in [0.25, 0.3) is 5.56 Å². The number of hydrogen-bond acceptors (Lipinski definition) is 8. The summed E-state index contributed by atoms with van der Waals surface area (Å²) >= 11 is 16.2. The van der Waals surface area contributed by atoms with Gasteiger partial charge in [-0.1, -0.05) is 46.7 Å². The van der Waals surface area contributed by atoms with Crippen LogP contribution in [-0.2, 0) is 19.1 Å². The molecule has 0 saturated carbocycles. The SMILES string of the molecule is CCOC(=O)COc1c(Br)cc(Cl)cc1/C=c1\sc2n(c1=O)[C@H](c1ccc(Cl)cc1)C(C(=O)OCC)=C(C(F)(F)F)N=2. The van der Waals surface area contributed by atoms with Gasteiger partial charge in [-0.3, -0.25) is 9.36 Å². The predicted octanol–water partition coefficient (Wildman–Crippen LogP) is 5.35. The van der Waals surface area contributed by atoms with Crippen LogP contribution in [0.25, 0.3) is 6.08 Å². The molecule has 2 heterocycles. The quantitative estimate of drug-likeness (QED) is 0.293. The van der Waals surface area contributed by atoms with Crippen molar-refractivity contribution in [3.8, 4) is 5.75 Å². The fraction of sp³-hybridized carbons (Fsp3) is 0.259. The molecule has 0 amide bonds. The predicted molar refractivity (Wildman–Crippen MR) is 154 cm³/mol. The highest BCUT2D eigenvalue weighted by molar-refractivity contribution is 9.10. The largest absolute Gasteiger partial charge is 0.480 e. The Hall–Kier alpha value is -3.13. The number of aromatic nitrogens is 1. The summed E-state index contributed by atoms with van der Waals surface area (Å²) in [5, 5.41) is 0.540. The Morgan fingerprint density at radius 2 is 1.76 bits per heavy atom. The Labute approximate surface area is 258 Å². The average molecular weight is 708 g/mol. The van der Waals surface area contributed by atoms with Crippen LogP contribution in [0.2, 0.25) is 10.0 Å². The van der Waals surface area contributed by atoms with Crippen molar-refractivity contribution in [3.63, 3.8) is 0 Å². The Kier molecular flexibility index (Phi) is 9.86. The third kappa shape index (κ3) is 6.74. The number of ether oxygens (including phenoxy) is 3. The van der Waals surface area contributed by atoms with Gasteiger partial charge in [0.15, 0.2) is 17.1 Å². The molecule has 0 unspecified atom stereocenters. The van der Waals surface area contributed by atoms with Crippen LogP contribution >= 0.6 is 50.5 Å².